The third-order valence-corrected chi connectivity index (χ3v) is 7.63. The van der Waals surface area contributed by atoms with E-state index in [1.807, 2.05) is 75.4 Å². The zero-order valence-corrected chi connectivity index (χ0v) is 23.6. The second-order valence-corrected chi connectivity index (χ2v) is 11.7. The van der Waals surface area contributed by atoms with Crippen LogP contribution in [0.1, 0.15) is 37.0 Å². The Morgan fingerprint density at radius 1 is 0.949 bits per heavy atom. The number of carbonyl (C=O) groups is 2. The average molecular weight is 554 g/mol. The highest BCUT2D eigenvalue weighted by molar-refractivity contribution is 7.92. The maximum absolute atomic E-state index is 14.7. The smallest absolute Gasteiger partial charge is 0.244 e. The normalized spacial score (nSPS) is 12.8. The Hall–Kier alpha value is -3.72. The lowest BCUT2D eigenvalue weighted by molar-refractivity contribution is -0.140. The molecule has 1 N–H and O–H groups in total. The Labute approximate surface area is 230 Å². The number of amides is 2. The summed E-state index contributed by atoms with van der Waals surface area (Å²) < 4.78 is 40.9. The fourth-order valence-electron chi connectivity index (χ4n) is 4.25. The first-order valence-corrected chi connectivity index (χ1v) is 14.8. The second kappa shape index (κ2) is 13.4. The molecule has 3 aromatic carbocycles. The molecule has 9 heteroatoms. The summed E-state index contributed by atoms with van der Waals surface area (Å²) >= 11 is 0. The summed E-state index contributed by atoms with van der Waals surface area (Å²) in [6, 6.07) is 21.2. The van der Waals surface area contributed by atoms with Crippen molar-refractivity contribution in [1.82, 2.24) is 10.2 Å². The van der Waals surface area contributed by atoms with Crippen LogP contribution in [0.5, 0.6) is 0 Å². The van der Waals surface area contributed by atoms with Gasteiger partial charge in [0.15, 0.2) is 0 Å². The molecular weight excluding hydrogens is 517 g/mol. The first-order chi connectivity index (χ1) is 18.5. The fraction of sp³-hybridized carbons (Fsp3) is 0.333. The minimum Gasteiger partial charge on any atom is -0.352 e. The molecule has 0 fully saturated rings. The molecule has 0 aliphatic rings. The molecule has 0 radical (unpaired) electrons. The zero-order valence-electron chi connectivity index (χ0n) is 22.8. The van der Waals surface area contributed by atoms with Crippen LogP contribution in [0, 0.1) is 12.7 Å². The van der Waals surface area contributed by atoms with Gasteiger partial charge in [-0.2, -0.15) is 0 Å². The Bertz CT molecular complexity index is 1380. The number of nitrogens with one attached hydrogen (secondary N) is 1. The number of aryl methyl sites for hydroxylation is 1. The molecule has 3 aromatic rings. The van der Waals surface area contributed by atoms with E-state index in [4.69, 9.17) is 0 Å². The predicted octanol–water partition coefficient (Wildman–Crippen LogP) is 4.45. The minimum absolute atomic E-state index is 0.0703. The summed E-state index contributed by atoms with van der Waals surface area (Å²) in [5.74, 6) is -1.73. The first kappa shape index (κ1) is 29.8. The minimum atomic E-state index is -4.03. The lowest BCUT2D eigenvalue weighted by Crippen LogP contribution is -2.54. The van der Waals surface area contributed by atoms with E-state index < -0.39 is 34.3 Å². The van der Waals surface area contributed by atoms with Crippen LogP contribution in [-0.4, -0.2) is 50.0 Å². The van der Waals surface area contributed by atoms with E-state index in [9.17, 15) is 22.4 Å². The van der Waals surface area contributed by atoms with Gasteiger partial charge in [0.25, 0.3) is 0 Å². The molecule has 208 valence electrons. The topological polar surface area (TPSA) is 86.8 Å². The highest BCUT2D eigenvalue weighted by atomic mass is 32.2. The van der Waals surface area contributed by atoms with Crippen molar-refractivity contribution in [3.05, 3.63) is 101 Å². The molecule has 7 nitrogen and oxygen atoms in total. The number of hydrogen-bond acceptors (Lipinski definition) is 4. The van der Waals surface area contributed by atoms with E-state index >= 15 is 0 Å². The van der Waals surface area contributed by atoms with Gasteiger partial charge >= 0.3 is 0 Å². The van der Waals surface area contributed by atoms with Crippen LogP contribution in [0.3, 0.4) is 0 Å². The van der Waals surface area contributed by atoms with Crippen molar-refractivity contribution in [2.24, 2.45) is 0 Å². The molecule has 39 heavy (non-hydrogen) atoms. The molecule has 0 bridgehead atoms. The monoisotopic (exact) mass is 553 g/mol. The third kappa shape index (κ3) is 8.38. The summed E-state index contributed by atoms with van der Waals surface area (Å²) in [7, 11) is -4.03. The Morgan fingerprint density at radius 2 is 1.59 bits per heavy atom. The van der Waals surface area contributed by atoms with Crippen LogP contribution in [-0.2, 0) is 32.6 Å². The number of carbonyl (C=O) groups excluding carboxylic acids is 2. The van der Waals surface area contributed by atoms with Crippen molar-refractivity contribution < 1.29 is 22.4 Å². The Morgan fingerprint density at radius 3 is 2.21 bits per heavy atom. The number of sulfonamides is 1. The molecule has 0 heterocycles. The van der Waals surface area contributed by atoms with Gasteiger partial charge in [0.1, 0.15) is 18.4 Å². The van der Waals surface area contributed by atoms with Crippen molar-refractivity contribution in [1.29, 1.82) is 0 Å². The van der Waals surface area contributed by atoms with Gasteiger partial charge in [0.05, 0.1) is 11.9 Å². The van der Waals surface area contributed by atoms with Crippen LogP contribution in [0.2, 0.25) is 0 Å². The number of halogens is 1. The number of hydrogen-bond donors (Lipinski definition) is 1. The largest absolute Gasteiger partial charge is 0.352 e. The summed E-state index contributed by atoms with van der Waals surface area (Å²) in [6.45, 7) is 5.17. The molecule has 0 aromatic heterocycles. The van der Waals surface area contributed by atoms with Crippen molar-refractivity contribution in [3.63, 3.8) is 0 Å². The van der Waals surface area contributed by atoms with Gasteiger partial charge in [0, 0.05) is 19.0 Å². The van der Waals surface area contributed by atoms with Crippen molar-refractivity contribution in [2.75, 3.05) is 17.1 Å². The first-order valence-electron chi connectivity index (χ1n) is 12.9. The standard InChI is InChI=1S/C30H36FN3O4S/c1-5-23(3)32-30(36)28(19-24-13-7-6-8-14-24)33(20-25-15-11-12-22(2)18-25)29(35)21-34(39(4,37)38)27-17-10-9-16-26(27)31/h6-18,23,28H,5,19-21H2,1-4H3,(H,32,36)/t23-,28-/m1/s1. The molecule has 0 saturated carbocycles. The average Bonchev–Trinajstić information content (AvgIpc) is 2.89. The quantitative estimate of drug-likeness (QED) is 0.359. The maximum atomic E-state index is 14.7. The van der Waals surface area contributed by atoms with Gasteiger partial charge in [-0.25, -0.2) is 12.8 Å². The third-order valence-electron chi connectivity index (χ3n) is 6.51. The Kier molecular flexibility index (Phi) is 10.2. The second-order valence-electron chi connectivity index (χ2n) is 9.76. The molecule has 2 atom stereocenters. The summed E-state index contributed by atoms with van der Waals surface area (Å²) in [5, 5.41) is 2.98. The summed E-state index contributed by atoms with van der Waals surface area (Å²) in [6.07, 6.45) is 1.85. The number of nitrogens with zero attached hydrogens (tertiary/aromatic N) is 2. The van der Waals surface area contributed by atoms with E-state index in [1.165, 1.54) is 23.1 Å². The van der Waals surface area contributed by atoms with Gasteiger partial charge in [-0.3, -0.25) is 13.9 Å². The van der Waals surface area contributed by atoms with Gasteiger partial charge in [-0.1, -0.05) is 79.2 Å². The number of benzene rings is 3. The molecule has 2 amide bonds. The SMILES string of the molecule is CC[C@@H](C)NC(=O)[C@@H](Cc1ccccc1)N(Cc1cccc(C)c1)C(=O)CN(c1ccccc1F)S(C)(=O)=O. The van der Waals surface area contributed by atoms with Crippen molar-refractivity contribution >= 4 is 27.5 Å². The molecular formula is C30H36FN3O4S. The maximum Gasteiger partial charge on any atom is 0.244 e. The van der Waals surface area contributed by atoms with Crippen LogP contribution in [0.4, 0.5) is 10.1 Å². The van der Waals surface area contributed by atoms with E-state index in [0.717, 1.165) is 33.3 Å². The van der Waals surface area contributed by atoms with Crippen molar-refractivity contribution in [3.8, 4) is 0 Å². The van der Waals surface area contributed by atoms with Crippen LogP contribution < -0.4 is 9.62 Å². The Balaban J connectivity index is 2.07. The number of anilines is 1. The van der Waals surface area contributed by atoms with Gasteiger partial charge in [0.2, 0.25) is 21.8 Å². The lowest BCUT2D eigenvalue weighted by atomic mass is 10.0. The van der Waals surface area contributed by atoms with Gasteiger partial charge in [-0.05, 0) is 43.5 Å². The zero-order chi connectivity index (χ0) is 28.6. The molecule has 0 aliphatic heterocycles. The summed E-state index contributed by atoms with van der Waals surface area (Å²) in [5.41, 5.74) is 2.38. The van der Waals surface area contributed by atoms with E-state index in [0.29, 0.717) is 6.42 Å². The molecule has 0 saturated heterocycles. The van der Waals surface area contributed by atoms with E-state index in [2.05, 4.69) is 5.32 Å². The number of para-hydroxylation sites is 1. The molecule has 3 rings (SSSR count). The summed E-state index contributed by atoms with van der Waals surface area (Å²) in [4.78, 5) is 29.0. The van der Waals surface area contributed by atoms with E-state index in [-0.39, 0.29) is 30.6 Å². The fourth-order valence-corrected chi connectivity index (χ4v) is 5.10. The van der Waals surface area contributed by atoms with Crippen LogP contribution >= 0.6 is 0 Å². The predicted molar refractivity (Wildman–Crippen MR) is 152 cm³/mol. The number of rotatable bonds is 12. The van der Waals surface area contributed by atoms with Crippen molar-refractivity contribution in [2.45, 2.75) is 52.2 Å². The highest BCUT2D eigenvalue weighted by Gasteiger charge is 2.34. The van der Waals surface area contributed by atoms with Gasteiger partial charge < -0.3 is 10.2 Å². The molecule has 0 aliphatic carbocycles. The van der Waals surface area contributed by atoms with Crippen LogP contribution in [0.25, 0.3) is 0 Å². The highest BCUT2D eigenvalue weighted by Crippen LogP contribution is 2.23. The van der Waals surface area contributed by atoms with E-state index in [1.54, 1.807) is 0 Å². The molecule has 0 spiro atoms. The van der Waals surface area contributed by atoms with Gasteiger partial charge in [-0.15, -0.1) is 0 Å². The van der Waals surface area contributed by atoms with Crippen LogP contribution in [0.15, 0.2) is 78.9 Å². The lowest BCUT2D eigenvalue weighted by Gasteiger charge is -2.34. The molecule has 0 unspecified atom stereocenters.